The second kappa shape index (κ2) is 9.31. The van der Waals surface area contributed by atoms with Gasteiger partial charge < -0.3 is 10.6 Å². The van der Waals surface area contributed by atoms with Crippen LogP contribution in [0.1, 0.15) is 18.5 Å². The highest BCUT2D eigenvalue weighted by Crippen LogP contribution is 2.17. The lowest BCUT2D eigenvalue weighted by atomic mass is 10.1. The number of rotatable bonds is 7. The van der Waals surface area contributed by atoms with Gasteiger partial charge in [0.25, 0.3) is 0 Å². The van der Waals surface area contributed by atoms with Crippen LogP contribution in [0.25, 0.3) is 0 Å². The summed E-state index contributed by atoms with van der Waals surface area (Å²) in [5.41, 5.74) is 1.41. The Balaban J connectivity index is 1.79. The molecule has 0 heterocycles. The molecule has 2 N–H and O–H groups in total. The van der Waals surface area contributed by atoms with E-state index >= 15 is 0 Å². The molecular weight excluding hydrogens is 357 g/mol. The highest BCUT2D eigenvalue weighted by molar-refractivity contribution is 6.30. The molecule has 2 aromatic carbocycles. The van der Waals surface area contributed by atoms with Crippen LogP contribution in [0.15, 0.2) is 48.5 Å². The normalized spacial score (nSPS) is 11.9. The molecule has 1 atom stereocenters. The van der Waals surface area contributed by atoms with Gasteiger partial charge in [-0.25, -0.2) is 4.39 Å². The van der Waals surface area contributed by atoms with Gasteiger partial charge in [-0.15, -0.1) is 0 Å². The molecule has 0 bridgehead atoms. The summed E-state index contributed by atoms with van der Waals surface area (Å²) < 4.78 is 12.9. The molecule has 0 saturated heterocycles. The number of nitrogens with zero attached hydrogens (tertiary/aromatic N) is 1. The van der Waals surface area contributed by atoms with Crippen LogP contribution in [-0.4, -0.2) is 36.9 Å². The van der Waals surface area contributed by atoms with E-state index in [1.807, 2.05) is 19.1 Å². The van der Waals surface area contributed by atoms with Crippen LogP contribution in [0, 0.1) is 5.82 Å². The molecule has 0 radical (unpaired) electrons. The molecule has 5 nitrogen and oxygen atoms in total. The van der Waals surface area contributed by atoms with Gasteiger partial charge in [0.05, 0.1) is 19.1 Å². The molecule has 138 valence electrons. The zero-order valence-corrected chi connectivity index (χ0v) is 15.4. The third-order valence-corrected chi connectivity index (χ3v) is 3.92. The summed E-state index contributed by atoms with van der Waals surface area (Å²) in [4.78, 5) is 25.7. The number of amides is 2. The van der Waals surface area contributed by atoms with Gasteiger partial charge in [-0.2, -0.15) is 0 Å². The van der Waals surface area contributed by atoms with Crippen molar-refractivity contribution in [2.24, 2.45) is 0 Å². The van der Waals surface area contributed by atoms with E-state index < -0.39 is 0 Å². The van der Waals surface area contributed by atoms with Crippen molar-refractivity contribution in [2.45, 2.75) is 13.0 Å². The lowest BCUT2D eigenvalue weighted by Gasteiger charge is -2.19. The van der Waals surface area contributed by atoms with Crippen molar-refractivity contribution in [1.82, 2.24) is 10.2 Å². The zero-order chi connectivity index (χ0) is 19.1. The Morgan fingerprint density at radius 3 is 2.42 bits per heavy atom. The maximum Gasteiger partial charge on any atom is 0.238 e. The third-order valence-electron chi connectivity index (χ3n) is 3.68. The third kappa shape index (κ3) is 6.46. The van der Waals surface area contributed by atoms with E-state index in [0.717, 1.165) is 5.56 Å². The number of carbonyl (C=O) groups excluding carboxylic acids is 2. The molecule has 2 rings (SSSR count). The number of nitrogens with one attached hydrogen (secondary N) is 2. The number of halogens is 2. The highest BCUT2D eigenvalue weighted by Gasteiger charge is 2.14. The molecule has 0 aliphatic rings. The number of hydrogen-bond acceptors (Lipinski definition) is 3. The molecule has 0 spiro atoms. The molecule has 2 aromatic rings. The Hall–Kier alpha value is -2.44. The van der Waals surface area contributed by atoms with Crippen molar-refractivity contribution in [3.63, 3.8) is 0 Å². The van der Waals surface area contributed by atoms with Gasteiger partial charge in [0.1, 0.15) is 5.82 Å². The van der Waals surface area contributed by atoms with Crippen LogP contribution < -0.4 is 10.6 Å². The monoisotopic (exact) mass is 377 g/mol. The van der Waals surface area contributed by atoms with Gasteiger partial charge in [-0.3, -0.25) is 14.5 Å². The first-order valence-electron chi connectivity index (χ1n) is 8.12. The number of likely N-dealkylation sites (N-methyl/N-ethyl adjacent to an activating group) is 1. The van der Waals surface area contributed by atoms with E-state index in [9.17, 15) is 14.0 Å². The fourth-order valence-corrected chi connectivity index (χ4v) is 2.63. The fraction of sp³-hybridized carbons (Fsp3) is 0.263. The minimum absolute atomic E-state index is 0.0380. The van der Waals surface area contributed by atoms with Gasteiger partial charge in [0.2, 0.25) is 11.8 Å². The standard InChI is InChI=1S/C19H21ClFN3O2/c1-13(14-4-3-5-15(20)10-14)22-18(25)11-24(2)12-19(26)23-17-8-6-16(21)7-9-17/h3-10,13H,11-12H2,1-2H3,(H,22,25)(H,23,26)/t13-/m1/s1. The minimum atomic E-state index is -0.370. The van der Waals surface area contributed by atoms with Crippen molar-refractivity contribution < 1.29 is 14.0 Å². The summed E-state index contributed by atoms with van der Waals surface area (Å²) in [6.45, 7) is 1.98. The van der Waals surface area contributed by atoms with Crippen LogP contribution in [-0.2, 0) is 9.59 Å². The molecule has 0 aromatic heterocycles. The summed E-state index contributed by atoms with van der Waals surface area (Å²) in [6, 6.07) is 12.6. The van der Waals surface area contributed by atoms with E-state index in [-0.39, 0.29) is 36.8 Å². The maximum absolute atomic E-state index is 12.9. The summed E-state index contributed by atoms with van der Waals surface area (Å²) >= 11 is 5.96. The maximum atomic E-state index is 12.9. The number of benzene rings is 2. The minimum Gasteiger partial charge on any atom is -0.348 e. The van der Waals surface area contributed by atoms with Crippen molar-refractivity contribution in [2.75, 3.05) is 25.5 Å². The topological polar surface area (TPSA) is 61.4 Å². The van der Waals surface area contributed by atoms with E-state index in [0.29, 0.717) is 10.7 Å². The predicted molar refractivity (Wildman–Crippen MR) is 101 cm³/mol. The Kier molecular flexibility index (Phi) is 7.12. The highest BCUT2D eigenvalue weighted by atomic mass is 35.5. The van der Waals surface area contributed by atoms with Crippen molar-refractivity contribution in [1.29, 1.82) is 0 Å². The largest absolute Gasteiger partial charge is 0.348 e. The van der Waals surface area contributed by atoms with Crippen molar-refractivity contribution >= 4 is 29.1 Å². The van der Waals surface area contributed by atoms with Crippen LogP contribution >= 0.6 is 11.6 Å². The van der Waals surface area contributed by atoms with Gasteiger partial charge in [-0.05, 0) is 55.9 Å². The summed E-state index contributed by atoms with van der Waals surface area (Å²) in [5.74, 6) is -0.852. The second-order valence-electron chi connectivity index (χ2n) is 6.07. The van der Waals surface area contributed by atoms with Crippen LogP contribution in [0.2, 0.25) is 5.02 Å². The Labute approximate surface area is 157 Å². The quantitative estimate of drug-likeness (QED) is 0.778. The zero-order valence-electron chi connectivity index (χ0n) is 14.6. The van der Waals surface area contributed by atoms with Gasteiger partial charge in [0.15, 0.2) is 0 Å². The molecule has 2 amide bonds. The Morgan fingerprint density at radius 2 is 1.77 bits per heavy atom. The van der Waals surface area contributed by atoms with Gasteiger partial charge in [0, 0.05) is 10.7 Å². The summed E-state index contributed by atoms with van der Waals surface area (Å²) in [7, 11) is 1.67. The molecule has 26 heavy (non-hydrogen) atoms. The van der Waals surface area contributed by atoms with E-state index in [1.54, 1.807) is 24.1 Å². The van der Waals surface area contributed by atoms with E-state index in [2.05, 4.69) is 10.6 Å². The lowest BCUT2D eigenvalue weighted by molar-refractivity contribution is -0.123. The molecule has 7 heteroatoms. The smallest absolute Gasteiger partial charge is 0.238 e. The second-order valence-corrected chi connectivity index (χ2v) is 6.51. The average molecular weight is 378 g/mol. The molecule has 0 fully saturated rings. The lowest BCUT2D eigenvalue weighted by Crippen LogP contribution is -2.39. The molecule has 0 aliphatic carbocycles. The summed E-state index contributed by atoms with van der Waals surface area (Å²) in [5, 5.41) is 6.13. The number of anilines is 1. The van der Waals surface area contributed by atoms with Crippen LogP contribution in [0.4, 0.5) is 10.1 Å². The first-order valence-corrected chi connectivity index (χ1v) is 8.50. The first-order chi connectivity index (χ1) is 12.3. The fourth-order valence-electron chi connectivity index (χ4n) is 2.43. The van der Waals surface area contributed by atoms with Crippen LogP contribution in [0.5, 0.6) is 0 Å². The molecular formula is C19H21ClFN3O2. The van der Waals surface area contributed by atoms with E-state index in [1.165, 1.54) is 24.3 Å². The average Bonchev–Trinajstić information content (AvgIpc) is 2.56. The van der Waals surface area contributed by atoms with E-state index in [4.69, 9.17) is 11.6 Å². The number of hydrogen-bond donors (Lipinski definition) is 2. The Bertz CT molecular complexity index is 768. The van der Waals surface area contributed by atoms with Gasteiger partial charge >= 0.3 is 0 Å². The van der Waals surface area contributed by atoms with Crippen molar-refractivity contribution in [3.8, 4) is 0 Å². The van der Waals surface area contributed by atoms with Gasteiger partial charge in [-0.1, -0.05) is 23.7 Å². The van der Waals surface area contributed by atoms with Crippen LogP contribution in [0.3, 0.4) is 0 Å². The first kappa shape index (κ1) is 19.9. The Morgan fingerprint density at radius 1 is 1.12 bits per heavy atom. The SMILES string of the molecule is C[C@@H](NC(=O)CN(C)CC(=O)Nc1ccc(F)cc1)c1cccc(Cl)c1. The summed E-state index contributed by atoms with van der Waals surface area (Å²) in [6.07, 6.45) is 0. The molecule has 0 unspecified atom stereocenters. The predicted octanol–water partition coefficient (Wildman–Crippen LogP) is 3.23. The van der Waals surface area contributed by atoms with Crippen molar-refractivity contribution in [3.05, 3.63) is 64.9 Å². The molecule has 0 aliphatic heterocycles. The number of carbonyl (C=O) groups is 2. The molecule has 0 saturated carbocycles.